The lowest BCUT2D eigenvalue weighted by atomic mass is 10.0. The molecule has 0 fully saturated rings. The molecule has 0 saturated heterocycles. The fourth-order valence-corrected chi connectivity index (χ4v) is 3.65. The maximum atomic E-state index is 12.8. The van der Waals surface area contributed by atoms with E-state index in [9.17, 15) is 26.7 Å². The molecule has 154 valence electrons. The van der Waals surface area contributed by atoms with Gasteiger partial charge in [-0.15, -0.1) is 0 Å². The molecule has 0 radical (unpaired) electrons. The second kappa shape index (κ2) is 9.07. The predicted octanol–water partition coefficient (Wildman–Crippen LogP) is 3.50. The molecule has 0 saturated carbocycles. The number of nitrogens with one attached hydrogen (secondary N) is 1. The van der Waals surface area contributed by atoms with E-state index in [-0.39, 0.29) is 23.9 Å². The van der Waals surface area contributed by atoms with E-state index in [1.165, 1.54) is 18.4 Å². The van der Waals surface area contributed by atoms with Gasteiger partial charge in [0.05, 0.1) is 17.4 Å². The zero-order valence-electron chi connectivity index (χ0n) is 15.7. The molecule has 4 nitrogen and oxygen atoms in total. The summed E-state index contributed by atoms with van der Waals surface area (Å²) in [4.78, 5) is 0. The van der Waals surface area contributed by atoms with Gasteiger partial charge in [-0.1, -0.05) is 36.4 Å². The van der Waals surface area contributed by atoms with Crippen LogP contribution in [0.3, 0.4) is 0 Å². The smallest absolute Gasteiger partial charge is 0.387 e. The first-order valence-corrected chi connectivity index (χ1v) is 10.8. The zero-order chi connectivity index (χ0) is 20.9. The van der Waals surface area contributed by atoms with Crippen LogP contribution < -0.4 is 5.32 Å². The normalized spacial score (nSPS) is 14.6. The minimum absolute atomic E-state index is 0.00966. The quantitative estimate of drug-likeness (QED) is 0.693. The third-order valence-electron chi connectivity index (χ3n) is 4.25. The Morgan fingerprint density at radius 1 is 1.07 bits per heavy atom. The lowest BCUT2D eigenvalue weighted by Crippen LogP contribution is -2.32. The van der Waals surface area contributed by atoms with Crippen LogP contribution in [0.15, 0.2) is 48.5 Å². The number of halogens is 3. The van der Waals surface area contributed by atoms with Gasteiger partial charge in [0.15, 0.2) is 9.84 Å². The SMILES string of the molecule is CC(Cc1ccc(CS(C)(=O)=O)cc1)NCC(O)c1cccc(C(F)(F)F)c1. The number of sulfone groups is 1. The number of alkyl halides is 3. The molecule has 2 rings (SSSR count). The monoisotopic (exact) mass is 415 g/mol. The van der Waals surface area contributed by atoms with Crippen LogP contribution in [0, 0.1) is 0 Å². The topological polar surface area (TPSA) is 66.4 Å². The van der Waals surface area contributed by atoms with Crippen LogP contribution in [-0.2, 0) is 28.2 Å². The Morgan fingerprint density at radius 2 is 1.68 bits per heavy atom. The number of hydrogen-bond acceptors (Lipinski definition) is 4. The Hall–Kier alpha value is -1.90. The van der Waals surface area contributed by atoms with Gasteiger partial charge in [0.2, 0.25) is 0 Å². The molecule has 2 N–H and O–H groups in total. The van der Waals surface area contributed by atoms with Gasteiger partial charge >= 0.3 is 6.18 Å². The van der Waals surface area contributed by atoms with Gasteiger partial charge in [0, 0.05) is 18.8 Å². The molecule has 0 aliphatic heterocycles. The van der Waals surface area contributed by atoms with Gasteiger partial charge in [0.1, 0.15) is 0 Å². The fraction of sp³-hybridized carbons (Fsp3) is 0.400. The van der Waals surface area contributed by atoms with Crippen molar-refractivity contribution >= 4 is 9.84 Å². The van der Waals surface area contributed by atoms with E-state index in [0.717, 1.165) is 17.7 Å². The molecule has 0 amide bonds. The largest absolute Gasteiger partial charge is 0.416 e. The zero-order valence-corrected chi connectivity index (χ0v) is 16.5. The highest BCUT2D eigenvalue weighted by Crippen LogP contribution is 2.30. The van der Waals surface area contributed by atoms with Gasteiger partial charge < -0.3 is 10.4 Å². The number of aliphatic hydroxyl groups is 1. The van der Waals surface area contributed by atoms with Crippen LogP contribution in [0.1, 0.15) is 35.3 Å². The third kappa shape index (κ3) is 7.26. The molecule has 0 aliphatic rings. The lowest BCUT2D eigenvalue weighted by Gasteiger charge is -2.18. The number of benzene rings is 2. The van der Waals surface area contributed by atoms with Crippen LogP contribution >= 0.6 is 0 Å². The molecule has 0 heterocycles. The second-order valence-electron chi connectivity index (χ2n) is 7.04. The van der Waals surface area contributed by atoms with Crippen molar-refractivity contribution < 1.29 is 26.7 Å². The summed E-state index contributed by atoms with van der Waals surface area (Å²) in [5.41, 5.74) is 1.13. The minimum Gasteiger partial charge on any atom is -0.387 e. The first-order chi connectivity index (χ1) is 12.9. The molecule has 2 aromatic carbocycles. The van der Waals surface area contributed by atoms with Crippen molar-refractivity contribution in [3.8, 4) is 0 Å². The van der Waals surface area contributed by atoms with Crippen LogP contribution in [0.5, 0.6) is 0 Å². The molecule has 2 atom stereocenters. The molecule has 8 heteroatoms. The summed E-state index contributed by atoms with van der Waals surface area (Å²) in [7, 11) is -3.08. The molecular weight excluding hydrogens is 391 g/mol. The van der Waals surface area contributed by atoms with Gasteiger partial charge in [0.25, 0.3) is 0 Å². The average Bonchev–Trinajstić information content (AvgIpc) is 2.59. The summed E-state index contributed by atoms with van der Waals surface area (Å²) in [6.45, 7) is 2.03. The molecule has 0 aromatic heterocycles. The van der Waals surface area contributed by atoms with Gasteiger partial charge in [-0.05, 0) is 42.2 Å². The predicted molar refractivity (Wildman–Crippen MR) is 103 cm³/mol. The molecular formula is C20H24F3NO3S. The molecule has 0 aliphatic carbocycles. The maximum Gasteiger partial charge on any atom is 0.416 e. The van der Waals surface area contributed by atoms with E-state index in [2.05, 4.69) is 5.32 Å². The first kappa shape index (κ1) is 22.4. The number of rotatable bonds is 8. The van der Waals surface area contributed by atoms with Crippen LogP contribution in [0.2, 0.25) is 0 Å². The summed E-state index contributed by atoms with van der Waals surface area (Å²) < 4.78 is 60.9. The van der Waals surface area contributed by atoms with Crippen molar-refractivity contribution in [3.63, 3.8) is 0 Å². The summed E-state index contributed by atoms with van der Waals surface area (Å²) in [5.74, 6) is -0.00966. The molecule has 0 bridgehead atoms. The summed E-state index contributed by atoms with van der Waals surface area (Å²) in [6.07, 6.45) is -3.68. The Labute approximate surface area is 163 Å². The van der Waals surface area contributed by atoms with E-state index >= 15 is 0 Å². The van der Waals surface area contributed by atoms with E-state index in [1.807, 2.05) is 19.1 Å². The molecule has 2 aromatic rings. The van der Waals surface area contributed by atoms with E-state index in [4.69, 9.17) is 0 Å². The van der Waals surface area contributed by atoms with Crippen molar-refractivity contribution in [2.45, 2.75) is 37.4 Å². The van der Waals surface area contributed by atoms with Gasteiger partial charge in [-0.2, -0.15) is 13.2 Å². The second-order valence-corrected chi connectivity index (χ2v) is 9.18. The van der Waals surface area contributed by atoms with Crippen LogP contribution in [0.25, 0.3) is 0 Å². The molecule has 2 unspecified atom stereocenters. The molecule has 0 spiro atoms. The Balaban J connectivity index is 1.89. The summed E-state index contributed by atoms with van der Waals surface area (Å²) in [6, 6.07) is 11.9. The van der Waals surface area contributed by atoms with Gasteiger partial charge in [-0.3, -0.25) is 0 Å². The standard InChI is InChI=1S/C20H24F3NO3S/c1-14(10-15-6-8-16(9-7-15)13-28(2,26)27)24-12-19(25)17-4-3-5-18(11-17)20(21,22)23/h3-9,11,14,19,24-25H,10,12-13H2,1-2H3. The van der Waals surface area contributed by atoms with Crippen molar-refractivity contribution in [2.24, 2.45) is 0 Å². The maximum absolute atomic E-state index is 12.8. The van der Waals surface area contributed by atoms with Crippen LogP contribution in [-0.4, -0.2) is 32.4 Å². The fourth-order valence-electron chi connectivity index (χ4n) is 2.85. The van der Waals surface area contributed by atoms with Crippen molar-refractivity contribution in [1.29, 1.82) is 0 Å². The summed E-state index contributed by atoms with van der Waals surface area (Å²) >= 11 is 0. The summed E-state index contributed by atoms with van der Waals surface area (Å²) in [5, 5.41) is 13.3. The average molecular weight is 415 g/mol. The lowest BCUT2D eigenvalue weighted by molar-refractivity contribution is -0.137. The van der Waals surface area contributed by atoms with Crippen LogP contribution in [0.4, 0.5) is 13.2 Å². The number of aliphatic hydroxyl groups excluding tert-OH is 1. The Kier molecular flexibility index (Phi) is 7.25. The van der Waals surface area contributed by atoms with Crippen molar-refractivity contribution in [1.82, 2.24) is 5.32 Å². The van der Waals surface area contributed by atoms with Crippen molar-refractivity contribution in [2.75, 3.05) is 12.8 Å². The molecule has 28 heavy (non-hydrogen) atoms. The van der Waals surface area contributed by atoms with Crippen molar-refractivity contribution in [3.05, 3.63) is 70.8 Å². The Morgan fingerprint density at radius 3 is 2.25 bits per heavy atom. The number of hydrogen-bond donors (Lipinski definition) is 2. The first-order valence-electron chi connectivity index (χ1n) is 8.78. The third-order valence-corrected chi connectivity index (χ3v) is 5.11. The van der Waals surface area contributed by atoms with E-state index in [0.29, 0.717) is 12.0 Å². The minimum atomic E-state index is -4.44. The highest BCUT2D eigenvalue weighted by molar-refractivity contribution is 7.89. The van der Waals surface area contributed by atoms with Gasteiger partial charge in [-0.25, -0.2) is 8.42 Å². The highest BCUT2D eigenvalue weighted by Gasteiger charge is 2.30. The van der Waals surface area contributed by atoms with E-state index in [1.54, 1.807) is 12.1 Å². The van der Waals surface area contributed by atoms with E-state index < -0.39 is 27.7 Å². The Bertz CT molecular complexity index is 880. The highest BCUT2D eigenvalue weighted by atomic mass is 32.2.